The molecule has 1 aliphatic heterocycles. The molecule has 0 bridgehead atoms. The maximum absolute atomic E-state index is 9.61. The van der Waals surface area contributed by atoms with E-state index in [4.69, 9.17) is 0 Å². The predicted molar refractivity (Wildman–Crippen MR) is 98.9 cm³/mol. The minimum Gasteiger partial charge on any atom is -0.508 e. The van der Waals surface area contributed by atoms with Gasteiger partial charge in [0.25, 0.3) is 0 Å². The summed E-state index contributed by atoms with van der Waals surface area (Å²) in [7, 11) is 0. The number of imidazole rings is 2. The number of phenolic OH excluding ortho intramolecular Hbond substituents is 1. The van der Waals surface area contributed by atoms with Gasteiger partial charge in [-0.3, -0.25) is 0 Å². The van der Waals surface area contributed by atoms with Gasteiger partial charge in [-0.25, -0.2) is 9.13 Å². The van der Waals surface area contributed by atoms with Crippen molar-refractivity contribution < 1.29 is 9.67 Å². The molecule has 1 aliphatic rings. The van der Waals surface area contributed by atoms with Crippen LogP contribution in [0.4, 0.5) is 0 Å². The highest BCUT2D eigenvalue weighted by molar-refractivity contribution is 5.79. The first-order valence-electron chi connectivity index (χ1n) is 8.97. The lowest BCUT2D eigenvalue weighted by Crippen LogP contribution is -2.33. The van der Waals surface area contributed by atoms with E-state index in [0.29, 0.717) is 5.75 Å². The van der Waals surface area contributed by atoms with Crippen LogP contribution in [0.5, 0.6) is 5.75 Å². The first-order valence-corrected chi connectivity index (χ1v) is 8.97. The van der Waals surface area contributed by atoms with E-state index in [1.54, 1.807) is 12.1 Å². The molecule has 0 unspecified atom stereocenters. The molecule has 126 valence electrons. The van der Waals surface area contributed by atoms with E-state index in [1.807, 2.05) is 12.1 Å². The number of aryl methyl sites for hydroxylation is 4. The number of fused-ring (bicyclic) bond motifs is 3. The fourth-order valence-electron chi connectivity index (χ4n) is 4.09. The zero-order chi connectivity index (χ0) is 17.1. The van der Waals surface area contributed by atoms with E-state index in [2.05, 4.69) is 45.7 Å². The summed E-state index contributed by atoms with van der Waals surface area (Å²) >= 11 is 0. The van der Waals surface area contributed by atoms with Gasteiger partial charge >= 0.3 is 5.78 Å². The van der Waals surface area contributed by atoms with E-state index in [9.17, 15) is 5.11 Å². The standard InChI is InChI=1S/C21H21N3O/c1-14-11-18-19(12-15(14)2)24-13-20(16-5-7-17(25)8-6-16)23-10-4-3-9-22(18)21(23)24/h5-8,11-13H,3-4,9-10H2,1-2H3/p+1. The van der Waals surface area contributed by atoms with E-state index in [1.165, 1.54) is 46.5 Å². The maximum atomic E-state index is 9.61. The van der Waals surface area contributed by atoms with E-state index in [0.717, 1.165) is 18.7 Å². The van der Waals surface area contributed by atoms with E-state index in [-0.39, 0.29) is 0 Å². The number of benzene rings is 2. The molecule has 0 amide bonds. The molecule has 0 fully saturated rings. The van der Waals surface area contributed by atoms with Gasteiger partial charge in [0.2, 0.25) is 0 Å². The van der Waals surface area contributed by atoms with Crippen LogP contribution in [0.15, 0.2) is 42.6 Å². The van der Waals surface area contributed by atoms with Gasteiger partial charge in [-0.2, -0.15) is 4.40 Å². The van der Waals surface area contributed by atoms with Gasteiger partial charge in [0.05, 0.1) is 13.1 Å². The molecule has 0 saturated heterocycles. The Morgan fingerprint density at radius 1 is 1.00 bits per heavy atom. The van der Waals surface area contributed by atoms with Crippen molar-refractivity contribution >= 4 is 16.8 Å². The Hall–Kier alpha value is -2.75. The Balaban J connectivity index is 1.88. The number of rotatable bonds is 1. The fourth-order valence-corrected chi connectivity index (χ4v) is 4.09. The van der Waals surface area contributed by atoms with Crippen molar-refractivity contribution in [2.24, 2.45) is 0 Å². The smallest absolute Gasteiger partial charge is 0.370 e. The van der Waals surface area contributed by atoms with Gasteiger partial charge in [0.15, 0.2) is 0 Å². The highest BCUT2D eigenvalue weighted by atomic mass is 16.3. The summed E-state index contributed by atoms with van der Waals surface area (Å²) < 4.78 is 7.25. The monoisotopic (exact) mass is 332 g/mol. The molecule has 0 aliphatic carbocycles. The van der Waals surface area contributed by atoms with Gasteiger partial charge in [-0.05, 0) is 74.2 Å². The average molecular weight is 332 g/mol. The van der Waals surface area contributed by atoms with E-state index >= 15 is 0 Å². The molecule has 2 aromatic carbocycles. The Kier molecular flexibility index (Phi) is 2.99. The number of phenols is 1. The third-order valence-electron chi connectivity index (χ3n) is 5.56. The number of aromatic nitrogens is 3. The zero-order valence-corrected chi connectivity index (χ0v) is 14.7. The number of hydrogen-bond donors (Lipinski definition) is 1. The minimum atomic E-state index is 0.310. The molecule has 2 aromatic heterocycles. The van der Waals surface area contributed by atoms with Gasteiger partial charge in [-0.1, -0.05) is 0 Å². The second-order valence-electron chi connectivity index (χ2n) is 7.17. The Bertz CT molecular complexity index is 1120. The first kappa shape index (κ1) is 14.6. The van der Waals surface area contributed by atoms with Gasteiger partial charge in [0.1, 0.15) is 28.7 Å². The van der Waals surface area contributed by atoms with Crippen LogP contribution in [0, 0.1) is 13.8 Å². The molecule has 25 heavy (non-hydrogen) atoms. The number of nitrogens with zero attached hydrogens (tertiary/aromatic N) is 3. The highest BCUT2D eigenvalue weighted by Gasteiger charge is 2.28. The number of aromatic hydroxyl groups is 1. The highest BCUT2D eigenvalue weighted by Crippen LogP contribution is 2.29. The minimum absolute atomic E-state index is 0.310. The topological polar surface area (TPSA) is 33.5 Å². The molecule has 0 spiro atoms. The molecular formula is C21H22N3O+. The second kappa shape index (κ2) is 5.12. The quantitative estimate of drug-likeness (QED) is 0.526. The van der Waals surface area contributed by atoms with Gasteiger partial charge in [0, 0.05) is 5.56 Å². The molecule has 4 nitrogen and oxygen atoms in total. The van der Waals surface area contributed by atoms with Crippen molar-refractivity contribution in [1.82, 2.24) is 8.97 Å². The molecule has 5 rings (SSSR count). The predicted octanol–water partition coefficient (Wildman–Crippen LogP) is 3.96. The Labute approximate surface area is 146 Å². The summed E-state index contributed by atoms with van der Waals surface area (Å²) in [6.45, 7) is 6.47. The van der Waals surface area contributed by atoms with Crippen molar-refractivity contribution in [3.05, 3.63) is 53.7 Å². The van der Waals surface area contributed by atoms with Crippen molar-refractivity contribution in [3.8, 4) is 17.0 Å². The second-order valence-corrected chi connectivity index (χ2v) is 7.17. The lowest BCUT2D eigenvalue weighted by Gasteiger charge is -2.03. The molecule has 0 saturated carbocycles. The van der Waals surface area contributed by atoms with Crippen LogP contribution < -0.4 is 4.57 Å². The molecule has 1 N–H and O–H groups in total. The summed E-state index contributed by atoms with van der Waals surface area (Å²) in [5, 5.41) is 9.61. The van der Waals surface area contributed by atoms with Crippen molar-refractivity contribution in [2.75, 3.05) is 0 Å². The van der Waals surface area contributed by atoms with Crippen molar-refractivity contribution in [1.29, 1.82) is 0 Å². The third kappa shape index (κ3) is 2.03. The largest absolute Gasteiger partial charge is 0.508 e. The Morgan fingerprint density at radius 3 is 2.56 bits per heavy atom. The van der Waals surface area contributed by atoms with Crippen LogP contribution in [0.25, 0.3) is 28.1 Å². The van der Waals surface area contributed by atoms with Crippen LogP contribution in [0.3, 0.4) is 0 Å². The fraction of sp³-hybridized carbons (Fsp3) is 0.286. The average Bonchev–Trinajstić information content (AvgIpc) is 2.99. The molecule has 4 heteroatoms. The van der Waals surface area contributed by atoms with E-state index < -0.39 is 0 Å². The summed E-state index contributed by atoms with van der Waals surface area (Å²) in [5.41, 5.74) is 7.64. The molecule has 0 radical (unpaired) electrons. The van der Waals surface area contributed by atoms with Gasteiger partial charge < -0.3 is 5.11 Å². The molecular weight excluding hydrogens is 310 g/mol. The molecule has 0 atom stereocenters. The maximum Gasteiger partial charge on any atom is 0.370 e. The normalized spacial score (nSPS) is 14.3. The molecule has 3 heterocycles. The summed E-state index contributed by atoms with van der Waals surface area (Å²) in [4.78, 5) is 0. The lowest BCUT2D eigenvalue weighted by atomic mass is 10.1. The SMILES string of the molecule is Cc1cc2c(cc1C)[n+]1c3n(c(-c4ccc(O)cc4)cn23)CCCC1. The molecule has 4 aromatic rings. The number of hydrogen-bond acceptors (Lipinski definition) is 1. The van der Waals surface area contributed by atoms with Crippen molar-refractivity contribution in [2.45, 2.75) is 39.8 Å². The van der Waals surface area contributed by atoms with Crippen LogP contribution in [0.1, 0.15) is 24.0 Å². The van der Waals surface area contributed by atoms with Crippen LogP contribution in [-0.2, 0) is 13.1 Å². The lowest BCUT2D eigenvalue weighted by molar-refractivity contribution is -0.647. The van der Waals surface area contributed by atoms with Crippen LogP contribution >= 0.6 is 0 Å². The van der Waals surface area contributed by atoms with Crippen LogP contribution in [0.2, 0.25) is 0 Å². The van der Waals surface area contributed by atoms with Crippen molar-refractivity contribution in [3.63, 3.8) is 0 Å². The zero-order valence-electron chi connectivity index (χ0n) is 14.7. The summed E-state index contributed by atoms with van der Waals surface area (Å²) in [5.74, 6) is 1.57. The summed E-state index contributed by atoms with van der Waals surface area (Å²) in [6, 6.07) is 12.2. The van der Waals surface area contributed by atoms with Gasteiger partial charge in [-0.15, -0.1) is 0 Å². The Morgan fingerprint density at radius 2 is 1.76 bits per heavy atom. The third-order valence-corrected chi connectivity index (χ3v) is 5.56. The van der Waals surface area contributed by atoms with Crippen LogP contribution in [-0.4, -0.2) is 14.1 Å². The first-order chi connectivity index (χ1) is 12.1. The summed E-state index contributed by atoms with van der Waals surface area (Å²) in [6.07, 6.45) is 4.63.